The number of rotatable bonds is 5. The molecule has 3 heterocycles. The Hall–Kier alpha value is -8.83. The van der Waals surface area contributed by atoms with Crippen LogP contribution in [0.4, 0.5) is 26.3 Å². The van der Waals surface area contributed by atoms with Crippen LogP contribution in [0, 0.1) is 0 Å². The molecule has 0 amide bonds. The minimum absolute atomic E-state index is 0.00380. The van der Waals surface area contributed by atoms with Crippen LogP contribution >= 0.6 is 0 Å². The molecule has 0 N–H and O–H groups in total. The molecule has 76 heavy (non-hydrogen) atoms. The topological polar surface area (TPSA) is 48.5 Å². The van der Waals surface area contributed by atoms with Crippen LogP contribution in [0.25, 0.3) is 111 Å². The van der Waals surface area contributed by atoms with Gasteiger partial charge in [-0.1, -0.05) is 143 Å². The zero-order valence-electron chi connectivity index (χ0n) is 41.4. The van der Waals surface area contributed by atoms with Gasteiger partial charge in [-0.2, -0.15) is 26.3 Å². The van der Waals surface area contributed by atoms with Gasteiger partial charge in [-0.15, -0.1) is 0 Å². The Morgan fingerprint density at radius 1 is 0.329 bits per heavy atom. The van der Waals surface area contributed by atoms with Crippen LogP contribution in [0.15, 0.2) is 188 Å². The van der Waals surface area contributed by atoms with Crippen LogP contribution in [0.1, 0.15) is 61.1 Å². The molecule has 0 unspecified atom stereocenters. The fourth-order valence-corrected chi connectivity index (χ4v) is 12.4. The van der Waals surface area contributed by atoms with Crippen LogP contribution in [0.3, 0.4) is 0 Å². The van der Waals surface area contributed by atoms with Gasteiger partial charge >= 0.3 is 12.4 Å². The Bertz CT molecular complexity index is 4180. The van der Waals surface area contributed by atoms with Gasteiger partial charge in [0.15, 0.2) is 17.5 Å². The van der Waals surface area contributed by atoms with E-state index in [2.05, 4.69) is 76.2 Å². The summed E-state index contributed by atoms with van der Waals surface area (Å²) in [6.07, 6.45) is -9.58. The maximum Gasteiger partial charge on any atom is 0.416 e. The monoisotopic (exact) mass is 1010 g/mol. The molecule has 11 heteroatoms. The third-order valence-corrected chi connectivity index (χ3v) is 16.0. The van der Waals surface area contributed by atoms with Gasteiger partial charge in [0.25, 0.3) is 0 Å². The summed E-state index contributed by atoms with van der Waals surface area (Å²) in [5, 5.41) is 3.55. The van der Waals surface area contributed by atoms with E-state index in [0.29, 0.717) is 16.9 Å². The van der Waals surface area contributed by atoms with Crippen molar-refractivity contribution in [3.05, 3.63) is 221 Å². The zero-order chi connectivity index (χ0) is 52.2. The number of benzene rings is 9. The molecule has 5 nitrogen and oxygen atoms in total. The molecule has 2 aliphatic carbocycles. The third kappa shape index (κ3) is 6.63. The summed E-state index contributed by atoms with van der Waals surface area (Å²) in [5.74, 6) is -0.258. The Morgan fingerprint density at radius 2 is 0.724 bits per heavy atom. The highest BCUT2D eigenvalue weighted by molar-refractivity contribution is 6.13. The molecular formula is C65H43F6N5. The lowest BCUT2D eigenvalue weighted by atomic mass is 9.82. The van der Waals surface area contributed by atoms with Crippen LogP contribution in [0.5, 0.6) is 0 Å². The van der Waals surface area contributed by atoms with Crippen molar-refractivity contribution in [2.24, 2.45) is 0 Å². The van der Waals surface area contributed by atoms with Gasteiger partial charge < -0.3 is 9.13 Å². The highest BCUT2D eigenvalue weighted by Gasteiger charge is 2.39. The van der Waals surface area contributed by atoms with E-state index in [4.69, 9.17) is 15.0 Å². The highest BCUT2D eigenvalue weighted by Crippen LogP contribution is 2.53. The van der Waals surface area contributed by atoms with Crippen molar-refractivity contribution in [3.63, 3.8) is 0 Å². The molecule has 0 aliphatic heterocycles. The second-order valence-electron chi connectivity index (χ2n) is 21.0. The minimum atomic E-state index is -4.79. The summed E-state index contributed by atoms with van der Waals surface area (Å²) >= 11 is 0. The van der Waals surface area contributed by atoms with E-state index in [1.807, 2.05) is 81.9 Å². The first kappa shape index (κ1) is 45.8. The molecule has 0 bridgehead atoms. The predicted octanol–water partition coefficient (Wildman–Crippen LogP) is 17.7. The van der Waals surface area contributed by atoms with E-state index in [0.717, 1.165) is 101 Å². The summed E-state index contributed by atoms with van der Waals surface area (Å²) < 4.78 is 95.0. The number of para-hydroxylation sites is 2. The molecule has 0 atom stereocenters. The molecule has 0 saturated heterocycles. The van der Waals surface area contributed by atoms with E-state index in [9.17, 15) is 0 Å². The van der Waals surface area contributed by atoms with Gasteiger partial charge in [0.05, 0.1) is 44.6 Å². The highest BCUT2D eigenvalue weighted by atomic mass is 19.4. The SMILES string of the molecule is CC1(C)c2ccccc2-c2cc3c4ccccc4n(-c4ccc(C(F)(F)F)cc4-c4nc(-c5ccccc5)nc(-c5cc(C(F)(F)F)ccc5-n5c6ccccc6c6cc7c(cc65)C(C)(C)c5ccccc5-7)n4)c3cc21. The van der Waals surface area contributed by atoms with Gasteiger partial charge in [0.1, 0.15) is 0 Å². The number of halogens is 6. The average Bonchev–Trinajstić information content (AvgIpc) is 4.21. The fraction of sp³-hybridized carbons (Fsp3) is 0.123. The average molecular weight is 1010 g/mol. The van der Waals surface area contributed by atoms with Crippen molar-refractivity contribution < 1.29 is 26.3 Å². The number of aromatic nitrogens is 5. The summed E-state index contributed by atoms with van der Waals surface area (Å²) in [6, 6.07) is 56.7. The molecule has 0 saturated carbocycles. The molecule has 3 aromatic heterocycles. The number of hydrogen-bond acceptors (Lipinski definition) is 3. The zero-order valence-corrected chi connectivity index (χ0v) is 41.4. The van der Waals surface area contributed by atoms with Crippen molar-refractivity contribution in [3.8, 4) is 67.8 Å². The maximum absolute atomic E-state index is 15.2. The summed E-state index contributed by atoms with van der Waals surface area (Å²) in [4.78, 5) is 15.0. The number of alkyl halides is 6. The standard InChI is InChI=1S/C65H43F6N5/c1-62(2)49-22-12-8-18-39(49)43-32-45-41-20-10-14-24-53(41)75(57(45)34-51(43)62)55-28-26-37(64(66,67)68)30-47(55)60-72-59(36-16-6-5-7-17-36)73-61(74-60)48-31-38(65(69,70)71)27-29-56(48)76-54-25-15-11-21-42(54)46-33-44-40-19-9-13-23-50(40)63(3,4)52(44)35-58(46)76/h5-35H,1-4H3. The van der Waals surface area contributed by atoms with Gasteiger partial charge in [-0.3, -0.25) is 0 Å². The quantitative estimate of drug-likeness (QED) is 0.161. The van der Waals surface area contributed by atoms with Crippen LogP contribution in [-0.2, 0) is 23.2 Å². The Balaban J connectivity index is 1.06. The molecule has 12 aromatic rings. The van der Waals surface area contributed by atoms with Gasteiger partial charge in [-0.25, -0.2) is 15.0 Å². The lowest BCUT2D eigenvalue weighted by Gasteiger charge is -2.22. The Morgan fingerprint density at radius 3 is 1.17 bits per heavy atom. The normalized spacial score (nSPS) is 14.4. The molecular weight excluding hydrogens is 965 g/mol. The van der Waals surface area contributed by atoms with Crippen molar-refractivity contribution >= 4 is 43.6 Å². The first-order chi connectivity index (χ1) is 36.5. The van der Waals surface area contributed by atoms with Crippen molar-refractivity contribution in [1.29, 1.82) is 0 Å². The van der Waals surface area contributed by atoms with E-state index in [1.54, 1.807) is 30.3 Å². The molecule has 2 aliphatic rings. The van der Waals surface area contributed by atoms with E-state index < -0.39 is 34.3 Å². The first-order valence-electron chi connectivity index (χ1n) is 25.1. The van der Waals surface area contributed by atoms with E-state index in [-0.39, 0.29) is 28.6 Å². The second kappa shape index (κ2) is 15.8. The van der Waals surface area contributed by atoms with Crippen LogP contribution < -0.4 is 0 Å². The Labute approximate surface area is 432 Å². The lowest BCUT2D eigenvalue weighted by Crippen LogP contribution is -2.15. The molecule has 0 radical (unpaired) electrons. The molecule has 9 aromatic carbocycles. The molecule has 14 rings (SSSR count). The molecule has 0 spiro atoms. The summed E-state index contributed by atoms with van der Waals surface area (Å²) in [6.45, 7) is 8.69. The largest absolute Gasteiger partial charge is 0.416 e. The molecule has 370 valence electrons. The lowest BCUT2D eigenvalue weighted by molar-refractivity contribution is -0.138. The van der Waals surface area contributed by atoms with E-state index >= 15 is 26.3 Å². The van der Waals surface area contributed by atoms with Gasteiger partial charge in [0, 0.05) is 49.1 Å². The summed E-state index contributed by atoms with van der Waals surface area (Å²) in [5.41, 5.74) is 10.3. The first-order valence-corrected chi connectivity index (χ1v) is 25.1. The smallest absolute Gasteiger partial charge is 0.308 e. The molecule has 0 fully saturated rings. The van der Waals surface area contributed by atoms with Crippen molar-refractivity contribution in [1.82, 2.24) is 24.1 Å². The summed E-state index contributed by atoms with van der Waals surface area (Å²) in [7, 11) is 0. The number of fused-ring (bicyclic) bond motifs is 12. The minimum Gasteiger partial charge on any atom is -0.308 e. The van der Waals surface area contributed by atoms with E-state index in [1.165, 1.54) is 23.3 Å². The fourth-order valence-electron chi connectivity index (χ4n) is 12.4. The second-order valence-corrected chi connectivity index (χ2v) is 21.0. The van der Waals surface area contributed by atoms with Crippen molar-refractivity contribution in [2.75, 3.05) is 0 Å². The number of nitrogens with zero attached hydrogens (tertiary/aromatic N) is 5. The van der Waals surface area contributed by atoms with Crippen LogP contribution in [-0.4, -0.2) is 24.1 Å². The third-order valence-electron chi connectivity index (χ3n) is 16.0. The predicted molar refractivity (Wildman–Crippen MR) is 290 cm³/mol. The number of hydrogen-bond donors (Lipinski definition) is 0. The Kier molecular flexibility index (Phi) is 9.54. The maximum atomic E-state index is 15.2. The van der Waals surface area contributed by atoms with Crippen LogP contribution in [0.2, 0.25) is 0 Å². The van der Waals surface area contributed by atoms with Gasteiger partial charge in [-0.05, 0) is 117 Å². The van der Waals surface area contributed by atoms with Crippen molar-refractivity contribution in [2.45, 2.75) is 50.9 Å². The van der Waals surface area contributed by atoms with Gasteiger partial charge in [0.2, 0.25) is 0 Å².